The average Bonchev–Trinajstić information content (AvgIpc) is 2.37. The van der Waals surface area contributed by atoms with Crippen LogP contribution in [-0.4, -0.2) is 0 Å². The largest absolute Gasteiger partial charge is 0.0654 e. The molecule has 0 heteroatoms. The molecule has 0 saturated heterocycles. The Hall–Kier alpha value is -0.780. The van der Waals surface area contributed by atoms with Crippen molar-refractivity contribution in [2.45, 2.75) is 78.6 Å². The summed E-state index contributed by atoms with van der Waals surface area (Å²) in [5, 5.41) is 0. The predicted molar refractivity (Wildman–Crippen MR) is 81.1 cm³/mol. The molecule has 0 spiro atoms. The van der Waals surface area contributed by atoms with E-state index in [4.69, 9.17) is 0 Å². The molecule has 0 N–H and O–H groups in total. The fraction of sp³-hybridized carbons (Fsp3) is 0.667. The molecular formula is C18H29. The fourth-order valence-electron chi connectivity index (χ4n) is 2.60. The lowest BCUT2D eigenvalue weighted by Crippen LogP contribution is -1.98. The third-order valence-corrected chi connectivity index (χ3v) is 3.71. The van der Waals surface area contributed by atoms with Crippen molar-refractivity contribution in [2.24, 2.45) is 0 Å². The summed E-state index contributed by atoms with van der Waals surface area (Å²) in [6, 6.07) is 7.77. The normalized spacial score (nSPS) is 10.8. The topological polar surface area (TPSA) is 0 Å². The van der Waals surface area contributed by atoms with Crippen LogP contribution < -0.4 is 0 Å². The molecule has 0 aliphatic rings. The summed E-state index contributed by atoms with van der Waals surface area (Å²) in [6.45, 7) is 6.78. The van der Waals surface area contributed by atoms with E-state index in [1.807, 2.05) is 0 Å². The SMILES string of the molecule is CCCCCCCCc1[c]ccc(C)c1CCC. The smallest absolute Gasteiger partial charge is 0.0146 e. The zero-order chi connectivity index (χ0) is 13.2. The van der Waals surface area contributed by atoms with Gasteiger partial charge in [-0.25, -0.2) is 0 Å². The van der Waals surface area contributed by atoms with Gasteiger partial charge in [0.05, 0.1) is 0 Å². The molecule has 0 amide bonds. The summed E-state index contributed by atoms with van der Waals surface area (Å²) < 4.78 is 0. The number of rotatable bonds is 9. The van der Waals surface area contributed by atoms with Crippen LogP contribution in [0, 0.1) is 13.0 Å². The second-order valence-electron chi connectivity index (χ2n) is 5.39. The molecular weight excluding hydrogens is 216 g/mol. The van der Waals surface area contributed by atoms with Crippen LogP contribution in [0.3, 0.4) is 0 Å². The molecule has 0 saturated carbocycles. The second kappa shape index (κ2) is 9.19. The van der Waals surface area contributed by atoms with E-state index in [-0.39, 0.29) is 0 Å². The van der Waals surface area contributed by atoms with E-state index >= 15 is 0 Å². The third-order valence-electron chi connectivity index (χ3n) is 3.71. The first-order valence-electron chi connectivity index (χ1n) is 7.78. The highest BCUT2D eigenvalue weighted by Crippen LogP contribution is 2.18. The quantitative estimate of drug-likeness (QED) is 0.493. The van der Waals surface area contributed by atoms with Gasteiger partial charge in [-0.15, -0.1) is 0 Å². The van der Waals surface area contributed by atoms with Gasteiger partial charge in [-0.1, -0.05) is 64.5 Å². The van der Waals surface area contributed by atoms with Gasteiger partial charge in [0.15, 0.2) is 0 Å². The molecule has 1 aromatic rings. The van der Waals surface area contributed by atoms with E-state index in [0.717, 1.165) is 0 Å². The monoisotopic (exact) mass is 245 g/mol. The van der Waals surface area contributed by atoms with E-state index in [0.29, 0.717) is 0 Å². The minimum absolute atomic E-state index is 1.22. The Bertz CT molecular complexity index is 325. The number of hydrogen-bond donors (Lipinski definition) is 0. The molecule has 0 unspecified atom stereocenters. The van der Waals surface area contributed by atoms with Gasteiger partial charge in [-0.3, -0.25) is 0 Å². The molecule has 0 aliphatic heterocycles. The Balaban J connectivity index is 2.39. The Kier molecular flexibility index (Phi) is 7.80. The molecule has 1 radical (unpaired) electrons. The van der Waals surface area contributed by atoms with Gasteiger partial charge < -0.3 is 0 Å². The minimum Gasteiger partial charge on any atom is -0.0654 e. The first-order valence-corrected chi connectivity index (χ1v) is 7.78. The van der Waals surface area contributed by atoms with Crippen LogP contribution in [-0.2, 0) is 12.8 Å². The summed E-state index contributed by atoms with van der Waals surface area (Å²) in [4.78, 5) is 0. The van der Waals surface area contributed by atoms with E-state index in [2.05, 4.69) is 39.0 Å². The highest BCUT2D eigenvalue weighted by molar-refractivity contribution is 5.33. The summed E-state index contributed by atoms with van der Waals surface area (Å²) in [6.07, 6.45) is 12.0. The molecule has 0 aliphatic carbocycles. The van der Waals surface area contributed by atoms with Crippen LogP contribution in [0.1, 0.15) is 75.5 Å². The number of benzene rings is 1. The van der Waals surface area contributed by atoms with Crippen molar-refractivity contribution in [3.8, 4) is 0 Å². The van der Waals surface area contributed by atoms with Crippen molar-refractivity contribution in [1.82, 2.24) is 0 Å². The van der Waals surface area contributed by atoms with E-state index < -0.39 is 0 Å². The molecule has 0 atom stereocenters. The van der Waals surface area contributed by atoms with E-state index in [1.54, 1.807) is 5.56 Å². The fourth-order valence-corrected chi connectivity index (χ4v) is 2.60. The van der Waals surface area contributed by atoms with Crippen LogP contribution in [0.2, 0.25) is 0 Å². The molecule has 0 bridgehead atoms. The molecule has 1 aromatic carbocycles. The van der Waals surface area contributed by atoms with Crippen LogP contribution in [0.4, 0.5) is 0 Å². The van der Waals surface area contributed by atoms with Gasteiger partial charge in [-0.05, 0) is 48.9 Å². The van der Waals surface area contributed by atoms with E-state index in [9.17, 15) is 0 Å². The first kappa shape index (κ1) is 15.3. The number of hydrogen-bond acceptors (Lipinski definition) is 0. The second-order valence-corrected chi connectivity index (χ2v) is 5.39. The van der Waals surface area contributed by atoms with Crippen molar-refractivity contribution >= 4 is 0 Å². The Morgan fingerprint density at radius 3 is 2.33 bits per heavy atom. The van der Waals surface area contributed by atoms with Crippen LogP contribution in [0.15, 0.2) is 12.1 Å². The molecule has 0 nitrogen and oxygen atoms in total. The van der Waals surface area contributed by atoms with Crippen LogP contribution >= 0.6 is 0 Å². The average molecular weight is 245 g/mol. The summed E-state index contributed by atoms with van der Waals surface area (Å²) in [5.74, 6) is 0. The lowest BCUT2D eigenvalue weighted by atomic mass is 9.94. The van der Waals surface area contributed by atoms with Crippen molar-refractivity contribution in [3.63, 3.8) is 0 Å². The standard InChI is InChI=1S/C18H29/c1-4-6-7-8-9-10-14-17-15-11-13-16(3)18(17)12-5-2/h11,13H,4-10,12,14H2,1-3H3. The molecule has 101 valence electrons. The van der Waals surface area contributed by atoms with Crippen LogP contribution in [0.25, 0.3) is 0 Å². The van der Waals surface area contributed by atoms with E-state index in [1.165, 1.54) is 68.9 Å². The van der Waals surface area contributed by atoms with Gasteiger partial charge in [0, 0.05) is 0 Å². The first-order chi connectivity index (χ1) is 8.79. The van der Waals surface area contributed by atoms with Gasteiger partial charge in [0.2, 0.25) is 0 Å². The minimum atomic E-state index is 1.22. The van der Waals surface area contributed by atoms with Crippen molar-refractivity contribution in [3.05, 3.63) is 34.9 Å². The van der Waals surface area contributed by atoms with Gasteiger partial charge >= 0.3 is 0 Å². The highest BCUT2D eigenvalue weighted by Gasteiger charge is 2.04. The maximum atomic E-state index is 3.46. The third kappa shape index (κ3) is 5.25. The lowest BCUT2D eigenvalue weighted by molar-refractivity contribution is 0.606. The molecule has 1 rings (SSSR count). The summed E-state index contributed by atoms with van der Waals surface area (Å²) >= 11 is 0. The lowest BCUT2D eigenvalue weighted by Gasteiger charge is -2.11. The highest BCUT2D eigenvalue weighted by atomic mass is 14.1. The van der Waals surface area contributed by atoms with Gasteiger partial charge in [0.25, 0.3) is 0 Å². The maximum Gasteiger partial charge on any atom is -0.0146 e. The maximum absolute atomic E-state index is 3.46. The van der Waals surface area contributed by atoms with Gasteiger partial charge in [0.1, 0.15) is 0 Å². The Labute approximate surface area is 114 Å². The number of aryl methyl sites for hydroxylation is 2. The molecule has 0 aromatic heterocycles. The molecule has 0 heterocycles. The van der Waals surface area contributed by atoms with Crippen molar-refractivity contribution in [2.75, 3.05) is 0 Å². The predicted octanol–water partition coefficient (Wildman–Crippen LogP) is 5.65. The Morgan fingerprint density at radius 2 is 1.61 bits per heavy atom. The summed E-state index contributed by atoms with van der Waals surface area (Å²) in [7, 11) is 0. The molecule has 0 fully saturated rings. The van der Waals surface area contributed by atoms with Crippen molar-refractivity contribution < 1.29 is 0 Å². The van der Waals surface area contributed by atoms with Gasteiger partial charge in [-0.2, -0.15) is 0 Å². The van der Waals surface area contributed by atoms with Crippen molar-refractivity contribution in [1.29, 1.82) is 0 Å². The zero-order valence-corrected chi connectivity index (χ0v) is 12.5. The number of unbranched alkanes of at least 4 members (excludes halogenated alkanes) is 5. The molecule has 18 heavy (non-hydrogen) atoms. The zero-order valence-electron chi connectivity index (χ0n) is 12.5. The van der Waals surface area contributed by atoms with Crippen LogP contribution in [0.5, 0.6) is 0 Å². The summed E-state index contributed by atoms with van der Waals surface area (Å²) in [5.41, 5.74) is 4.50. The Morgan fingerprint density at radius 1 is 0.889 bits per heavy atom.